The van der Waals surface area contributed by atoms with Gasteiger partial charge < -0.3 is 11.1 Å². The maximum Gasteiger partial charge on any atom is 0.269 e. The zero-order valence-corrected chi connectivity index (χ0v) is 12.4. The summed E-state index contributed by atoms with van der Waals surface area (Å²) >= 11 is 1.35. The van der Waals surface area contributed by atoms with Gasteiger partial charge in [0.1, 0.15) is 5.82 Å². The predicted octanol–water partition coefficient (Wildman–Crippen LogP) is 3.15. The van der Waals surface area contributed by atoms with E-state index in [1.54, 1.807) is 18.2 Å². The van der Waals surface area contributed by atoms with Crippen molar-refractivity contribution in [3.05, 3.63) is 47.9 Å². The third kappa shape index (κ3) is 2.38. The molecule has 0 spiro atoms. The van der Waals surface area contributed by atoms with Gasteiger partial charge in [-0.15, -0.1) is 0 Å². The lowest BCUT2D eigenvalue weighted by Gasteiger charge is -2.02. The number of rotatable bonds is 3. The molecule has 23 heavy (non-hydrogen) atoms. The van der Waals surface area contributed by atoms with Gasteiger partial charge in [0.05, 0.1) is 15.7 Å². The maximum absolute atomic E-state index is 13.2. The number of hydrogen-bond acceptors (Lipinski definition) is 5. The van der Waals surface area contributed by atoms with Crippen LogP contribution in [0.5, 0.6) is 0 Å². The van der Waals surface area contributed by atoms with Crippen LogP contribution in [-0.2, 0) is 0 Å². The highest BCUT2D eigenvalue weighted by atomic mass is 32.1. The van der Waals surface area contributed by atoms with E-state index in [0.717, 1.165) is 21.4 Å². The second-order valence-corrected chi connectivity index (χ2v) is 5.98. The molecule has 4 rings (SSSR count). The van der Waals surface area contributed by atoms with Gasteiger partial charge in [0.15, 0.2) is 10.8 Å². The van der Waals surface area contributed by atoms with E-state index in [1.165, 1.54) is 23.5 Å². The van der Waals surface area contributed by atoms with Crippen molar-refractivity contribution >= 4 is 49.2 Å². The van der Waals surface area contributed by atoms with Gasteiger partial charge >= 0.3 is 0 Å². The number of carbonyl (C=O) groups is 1. The fourth-order valence-electron chi connectivity index (χ4n) is 2.35. The van der Waals surface area contributed by atoms with Gasteiger partial charge in [-0.25, -0.2) is 9.37 Å². The molecule has 2 aromatic heterocycles. The number of anilines is 2. The molecule has 0 radical (unpaired) electrons. The molecule has 0 unspecified atom stereocenters. The fraction of sp³-hybridized carbons (Fsp3) is 0. The van der Waals surface area contributed by atoms with E-state index in [2.05, 4.69) is 20.5 Å². The number of hydrogen-bond donors (Lipinski definition) is 3. The lowest BCUT2D eigenvalue weighted by Crippen LogP contribution is -2.11. The number of carbonyl (C=O) groups excluding carboxylic acids is 1. The van der Waals surface area contributed by atoms with Crippen molar-refractivity contribution in [2.45, 2.75) is 0 Å². The first-order valence-electron chi connectivity index (χ1n) is 6.71. The highest BCUT2D eigenvalue weighted by molar-refractivity contribution is 7.22. The Kier molecular flexibility index (Phi) is 2.98. The van der Waals surface area contributed by atoms with Crippen LogP contribution >= 0.6 is 11.3 Å². The summed E-state index contributed by atoms with van der Waals surface area (Å²) in [5.74, 6) is -0.887. The first-order valence-corrected chi connectivity index (χ1v) is 7.53. The Morgan fingerprint density at radius 2 is 2.13 bits per heavy atom. The van der Waals surface area contributed by atoms with E-state index in [4.69, 9.17) is 5.73 Å². The molecular formula is C15H10FN5OS. The summed E-state index contributed by atoms with van der Waals surface area (Å²) in [7, 11) is 0. The molecule has 6 nitrogen and oxygen atoms in total. The average molecular weight is 327 g/mol. The van der Waals surface area contributed by atoms with Gasteiger partial charge in [0.2, 0.25) is 0 Å². The molecule has 4 N–H and O–H groups in total. The summed E-state index contributed by atoms with van der Waals surface area (Å²) in [6, 6.07) is 9.86. The molecule has 0 aliphatic heterocycles. The van der Waals surface area contributed by atoms with Crippen molar-refractivity contribution in [1.82, 2.24) is 15.2 Å². The average Bonchev–Trinajstić information content (AvgIpc) is 3.09. The monoisotopic (exact) mass is 327 g/mol. The van der Waals surface area contributed by atoms with Crippen LogP contribution in [0.3, 0.4) is 0 Å². The van der Waals surface area contributed by atoms with Crippen molar-refractivity contribution in [3.8, 4) is 0 Å². The zero-order chi connectivity index (χ0) is 16.0. The lowest BCUT2D eigenvalue weighted by atomic mass is 10.2. The maximum atomic E-state index is 13.2. The molecule has 0 aliphatic carbocycles. The highest BCUT2D eigenvalue weighted by Crippen LogP contribution is 2.30. The van der Waals surface area contributed by atoms with E-state index in [-0.39, 0.29) is 11.5 Å². The molecule has 1 amide bonds. The van der Waals surface area contributed by atoms with Crippen LogP contribution in [0.1, 0.15) is 10.5 Å². The molecule has 2 aromatic carbocycles. The van der Waals surface area contributed by atoms with E-state index in [0.29, 0.717) is 10.5 Å². The second kappa shape index (κ2) is 5.03. The first kappa shape index (κ1) is 13.6. The van der Waals surface area contributed by atoms with E-state index >= 15 is 0 Å². The smallest absolute Gasteiger partial charge is 0.269 e. The minimum Gasteiger partial charge on any atom is -0.364 e. The number of amides is 1. The van der Waals surface area contributed by atoms with Crippen LogP contribution in [0, 0.1) is 5.82 Å². The van der Waals surface area contributed by atoms with Crippen molar-refractivity contribution in [2.75, 3.05) is 5.32 Å². The van der Waals surface area contributed by atoms with Crippen molar-refractivity contribution in [3.63, 3.8) is 0 Å². The minimum absolute atomic E-state index is 0.190. The summed E-state index contributed by atoms with van der Waals surface area (Å²) < 4.78 is 14.0. The second-order valence-electron chi connectivity index (χ2n) is 4.95. The summed E-state index contributed by atoms with van der Waals surface area (Å²) in [4.78, 5) is 15.8. The molecule has 0 aliphatic rings. The van der Waals surface area contributed by atoms with Crippen LogP contribution in [0.15, 0.2) is 36.4 Å². The molecule has 114 valence electrons. The Labute approximate surface area is 133 Å². The van der Waals surface area contributed by atoms with Crippen molar-refractivity contribution in [1.29, 1.82) is 0 Å². The number of H-pyrrole nitrogens is 1. The van der Waals surface area contributed by atoms with Crippen molar-refractivity contribution in [2.24, 2.45) is 5.73 Å². The van der Waals surface area contributed by atoms with Gasteiger partial charge in [-0.05, 0) is 36.4 Å². The van der Waals surface area contributed by atoms with Crippen LogP contribution in [0.2, 0.25) is 0 Å². The fourth-order valence-corrected chi connectivity index (χ4v) is 3.27. The van der Waals surface area contributed by atoms with Gasteiger partial charge in [0.25, 0.3) is 5.91 Å². The number of aromatic amines is 1. The number of nitrogens with zero attached hydrogens (tertiary/aromatic N) is 2. The number of thiazole rings is 1. The largest absolute Gasteiger partial charge is 0.364 e. The van der Waals surface area contributed by atoms with Crippen LogP contribution < -0.4 is 11.1 Å². The number of fused-ring (bicyclic) bond motifs is 2. The van der Waals surface area contributed by atoms with Crippen LogP contribution in [-0.4, -0.2) is 21.1 Å². The molecule has 0 atom stereocenters. The molecular weight excluding hydrogens is 317 g/mol. The summed E-state index contributed by atoms with van der Waals surface area (Å²) in [5.41, 5.74) is 7.67. The number of primary amides is 1. The molecule has 8 heteroatoms. The Morgan fingerprint density at radius 3 is 2.96 bits per heavy atom. The first-order chi connectivity index (χ1) is 11.1. The van der Waals surface area contributed by atoms with Gasteiger partial charge in [-0.3, -0.25) is 9.89 Å². The zero-order valence-electron chi connectivity index (χ0n) is 11.6. The van der Waals surface area contributed by atoms with Gasteiger partial charge in [-0.2, -0.15) is 5.10 Å². The summed E-state index contributed by atoms with van der Waals surface area (Å²) in [5, 5.41) is 11.1. The third-order valence-electron chi connectivity index (χ3n) is 3.40. The van der Waals surface area contributed by atoms with Gasteiger partial charge in [0, 0.05) is 11.1 Å². The third-order valence-corrected chi connectivity index (χ3v) is 4.33. The van der Waals surface area contributed by atoms with E-state index in [9.17, 15) is 9.18 Å². The normalized spacial score (nSPS) is 11.2. The number of nitrogens with one attached hydrogen (secondary N) is 2. The number of nitrogens with two attached hydrogens (primary N) is 1. The Balaban J connectivity index is 1.73. The molecule has 0 bridgehead atoms. The Hall–Kier alpha value is -3.00. The molecule has 0 fully saturated rings. The number of benzene rings is 2. The quantitative estimate of drug-likeness (QED) is 0.538. The van der Waals surface area contributed by atoms with Crippen LogP contribution in [0.25, 0.3) is 21.1 Å². The standard InChI is InChI=1S/C15H10FN5OS/c16-7-1-3-11-12(5-7)23-15(19-11)18-8-2-4-10-9(6-8)13(14(17)22)21-20-10/h1-6H,(H2,17,22)(H,18,19)(H,20,21). The summed E-state index contributed by atoms with van der Waals surface area (Å²) in [6.07, 6.45) is 0. The van der Waals surface area contributed by atoms with Crippen LogP contribution in [0.4, 0.5) is 15.2 Å². The van der Waals surface area contributed by atoms with Crippen molar-refractivity contribution < 1.29 is 9.18 Å². The Morgan fingerprint density at radius 1 is 1.26 bits per heavy atom. The Bertz CT molecular complexity index is 1050. The molecule has 0 saturated heterocycles. The molecule has 0 saturated carbocycles. The topological polar surface area (TPSA) is 96.7 Å². The molecule has 2 heterocycles. The van der Waals surface area contributed by atoms with E-state index < -0.39 is 5.91 Å². The summed E-state index contributed by atoms with van der Waals surface area (Å²) in [6.45, 7) is 0. The molecule has 4 aromatic rings. The SMILES string of the molecule is NC(=O)c1n[nH]c2ccc(Nc3nc4ccc(F)cc4s3)cc12. The minimum atomic E-state index is -0.594. The predicted molar refractivity (Wildman–Crippen MR) is 87.5 cm³/mol. The van der Waals surface area contributed by atoms with E-state index in [1.807, 2.05) is 6.07 Å². The van der Waals surface area contributed by atoms with Gasteiger partial charge in [-0.1, -0.05) is 11.3 Å². The number of halogens is 1. The number of aromatic nitrogens is 3. The highest BCUT2D eigenvalue weighted by Gasteiger charge is 2.12. The lowest BCUT2D eigenvalue weighted by molar-refractivity contribution is 0.0997.